The van der Waals surface area contributed by atoms with Gasteiger partial charge in [0.25, 0.3) is 0 Å². The molecular weight excluding hydrogens is 296 g/mol. The molecule has 2 amide bonds. The van der Waals surface area contributed by atoms with Crippen LogP contribution in [-0.2, 0) is 4.74 Å². The first-order valence-corrected chi connectivity index (χ1v) is 8.47. The number of rotatable bonds is 6. The number of amides is 2. The summed E-state index contributed by atoms with van der Waals surface area (Å²) in [6, 6.07) is 0.233. The Morgan fingerprint density at radius 3 is 3.15 bits per heavy atom. The van der Waals surface area contributed by atoms with Crippen LogP contribution >= 0.6 is 23.1 Å². The fourth-order valence-corrected chi connectivity index (χ4v) is 3.94. The quantitative estimate of drug-likeness (QED) is 0.640. The van der Waals surface area contributed by atoms with Gasteiger partial charge in [0.1, 0.15) is 5.01 Å². The summed E-state index contributed by atoms with van der Waals surface area (Å²) in [6.07, 6.45) is 2.08. The summed E-state index contributed by atoms with van der Waals surface area (Å²) in [5.74, 6) is 0.809. The molecule has 0 aromatic carbocycles. The van der Waals surface area contributed by atoms with Gasteiger partial charge >= 0.3 is 6.03 Å². The van der Waals surface area contributed by atoms with Gasteiger partial charge in [-0.1, -0.05) is 23.1 Å². The van der Waals surface area contributed by atoms with Crippen molar-refractivity contribution in [1.82, 2.24) is 20.4 Å². The molecule has 8 heteroatoms. The zero-order valence-electron chi connectivity index (χ0n) is 11.8. The van der Waals surface area contributed by atoms with Gasteiger partial charge in [0, 0.05) is 26.0 Å². The molecule has 0 radical (unpaired) electrons. The Kier molecular flexibility index (Phi) is 6.06. The molecule has 1 fully saturated rings. The van der Waals surface area contributed by atoms with Crippen LogP contribution in [0.15, 0.2) is 4.34 Å². The molecule has 1 aliphatic heterocycles. The summed E-state index contributed by atoms with van der Waals surface area (Å²) in [7, 11) is 1.68. The van der Waals surface area contributed by atoms with Crippen LogP contribution in [0.4, 0.5) is 4.79 Å². The summed E-state index contributed by atoms with van der Waals surface area (Å²) in [5, 5.41) is 11.9. The number of aryl methyl sites for hydroxylation is 1. The monoisotopic (exact) mass is 316 g/mol. The Morgan fingerprint density at radius 1 is 1.60 bits per heavy atom. The highest BCUT2D eigenvalue weighted by atomic mass is 32.2. The summed E-state index contributed by atoms with van der Waals surface area (Å²) in [6.45, 7) is 4.01. The first kappa shape index (κ1) is 15.5. The maximum absolute atomic E-state index is 12.1. The maximum atomic E-state index is 12.1. The number of carbonyl (C=O) groups excluding carboxylic acids is 1. The molecule has 0 aliphatic carbocycles. The first-order chi connectivity index (χ1) is 9.70. The van der Waals surface area contributed by atoms with E-state index in [0.29, 0.717) is 13.2 Å². The fraction of sp³-hybridized carbons (Fsp3) is 0.750. The summed E-state index contributed by atoms with van der Waals surface area (Å²) in [4.78, 5) is 13.9. The molecule has 0 bridgehead atoms. The minimum atomic E-state index is 0.0126. The fourth-order valence-electron chi connectivity index (χ4n) is 2.20. The average molecular weight is 316 g/mol. The zero-order valence-corrected chi connectivity index (χ0v) is 13.4. The number of nitrogens with one attached hydrogen (secondary N) is 1. The summed E-state index contributed by atoms with van der Waals surface area (Å²) < 4.78 is 6.11. The van der Waals surface area contributed by atoms with Gasteiger partial charge in [-0.05, 0) is 19.8 Å². The number of likely N-dealkylation sites (tertiary alicyclic amines) is 1. The van der Waals surface area contributed by atoms with Crippen molar-refractivity contribution in [2.75, 3.05) is 32.6 Å². The van der Waals surface area contributed by atoms with Crippen LogP contribution in [0.3, 0.4) is 0 Å². The number of nitrogens with zero attached hydrogens (tertiary/aromatic N) is 3. The van der Waals surface area contributed by atoms with Gasteiger partial charge in [-0.25, -0.2) is 4.79 Å². The van der Waals surface area contributed by atoms with Crippen LogP contribution in [0.1, 0.15) is 17.8 Å². The number of aromatic nitrogens is 2. The number of hydrogen-bond donors (Lipinski definition) is 1. The molecule has 0 spiro atoms. The number of methoxy groups -OCH3 is 1. The molecule has 1 aliphatic rings. The van der Waals surface area contributed by atoms with E-state index in [1.54, 1.807) is 30.2 Å². The van der Waals surface area contributed by atoms with E-state index in [0.717, 1.165) is 34.5 Å². The van der Waals surface area contributed by atoms with E-state index in [1.165, 1.54) is 0 Å². The number of thioether (sulfide) groups is 1. The van der Waals surface area contributed by atoms with Crippen LogP contribution in [0, 0.1) is 6.92 Å². The highest BCUT2D eigenvalue weighted by Gasteiger charge is 2.28. The number of urea groups is 1. The van der Waals surface area contributed by atoms with Crippen molar-refractivity contribution in [3.8, 4) is 0 Å². The molecule has 1 aromatic rings. The second-order valence-corrected chi connectivity index (χ2v) is 7.14. The third kappa shape index (κ3) is 4.32. The van der Waals surface area contributed by atoms with Crippen LogP contribution in [0.2, 0.25) is 0 Å². The first-order valence-electron chi connectivity index (χ1n) is 6.67. The Labute approximate surface area is 127 Å². The van der Waals surface area contributed by atoms with E-state index in [4.69, 9.17) is 4.74 Å². The second-order valence-electron chi connectivity index (χ2n) is 4.61. The molecule has 1 aromatic heterocycles. The van der Waals surface area contributed by atoms with Gasteiger partial charge in [0.05, 0.1) is 12.6 Å². The van der Waals surface area contributed by atoms with Crippen LogP contribution in [0.5, 0.6) is 0 Å². The van der Waals surface area contributed by atoms with E-state index in [2.05, 4.69) is 15.5 Å². The SMILES string of the molecule is COC[C@@H]1CCCN1C(=O)NCCSc1nnc(C)s1. The lowest BCUT2D eigenvalue weighted by molar-refractivity contribution is 0.124. The molecule has 1 saturated heterocycles. The molecule has 0 saturated carbocycles. The molecule has 2 heterocycles. The molecular formula is C12H20N4O2S2. The third-order valence-electron chi connectivity index (χ3n) is 3.11. The van der Waals surface area contributed by atoms with Gasteiger partial charge in [-0.2, -0.15) is 0 Å². The minimum absolute atomic E-state index is 0.0126. The van der Waals surface area contributed by atoms with Gasteiger partial charge in [-0.3, -0.25) is 0 Å². The van der Waals surface area contributed by atoms with E-state index in [9.17, 15) is 4.79 Å². The van der Waals surface area contributed by atoms with Gasteiger partial charge in [-0.15, -0.1) is 10.2 Å². The van der Waals surface area contributed by atoms with E-state index >= 15 is 0 Å². The lowest BCUT2D eigenvalue weighted by Gasteiger charge is -2.24. The van der Waals surface area contributed by atoms with Crippen molar-refractivity contribution < 1.29 is 9.53 Å². The lowest BCUT2D eigenvalue weighted by Crippen LogP contribution is -2.45. The Hall–Kier alpha value is -0.860. The third-order valence-corrected chi connectivity index (χ3v) is 5.08. The topological polar surface area (TPSA) is 67.3 Å². The Morgan fingerprint density at radius 2 is 2.45 bits per heavy atom. The van der Waals surface area contributed by atoms with Crippen LogP contribution in [0.25, 0.3) is 0 Å². The Bertz CT molecular complexity index is 441. The minimum Gasteiger partial charge on any atom is -0.383 e. The van der Waals surface area contributed by atoms with Gasteiger partial charge in [0.2, 0.25) is 0 Å². The molecule has 1 N–H and O–H groups in total. The molecule has 1 atom stereocenters. The zero-order chi connectivity index (χ0) is 14.4. The van der Waals surface area contributed by atoms with Crippen molar-refractivity contribution in [2.24, 2.45) is 0 Å². The second kappa shape index (κ2) is 7.80. The molecule has 20 heavy (non-hydrogen) atoms. The molecule has 2 rings (SSSR count). The van der Waals surface area contributed by atoms with Crippen molar-refractivity contribution >= 4 is 29.1 Å². The van der Waals surface area contributed by atoms with E-state index < -0.39 is 0 Å². The summed E-state index contributed by atoms with van der Waals surface area (Å²) in [5.41, 5.74) is 0. The molecule has 6 nitrogen and oxygen atoms in total. The van der Waals surface area contributed by atoms with Crippen molar-refractivity contribution in [3.05, 3.63) is 5.01 Å². The molecule has 112 valence electrons. The predicted molar refractivity (Wildman–Crippen MR) is 80.4 cm³/mol. The number of hydrogen-bond acceptors (Lipinski definition) is 6. The van der Waals surface area contributed by atoms with Crippen molar-refractivity contribution in [1.29, 1.82) is 0 Å². The smallest absolute Gasteiger partial charge is 0.317 e. The van der Waals surface area contributed by atoms with Crippen molar-refractivity contribution in [2.45, 2.75) is 30.1 Å². The Balaban J connectivity index is 1.67. The number of carbonyl (C=O) groups is 1. The standard InChI is InChI=1S/C12H20N4O2S2/c1-9-14-15-12(20-9)19-7-5-13-11(17)16-6-3-4-10(16)8-18-2/h10H,3-8H2,1-2H3,(H,13,17)/t10-/m0/s1. The van der Waals surface area contributed by atoms with E-state index in [-0.39, 0.29) is 12.1 Å². The van der Waals surface area contributed by atoms with Gasteiger partial charge in [0.15, 0.2) is 4.34 Å². The maximum Gasteiger partial charge on any atom is 0.317 e. The largest absolute Gasteiger partial charge is 0.383 e. The van der Waals surface area contributed by atoms with Crippen LogP contribution in [-0.4, -0.2) is 59.7 Å². The van der Waals surface area contributed by atoms with Gasteiger partial charge < -0.3 is 15.0 Å². The lowest BCUT2D eigenvalue weighted by atomic mass is 10.2. The average Bonchev–Trinajstić information content (AvgIpc) is 3.04. The highest BCUT2D eigenvalue weighted by Crippen LogP contribution is 2.21. The molecule has 0 unspecified atom stereocenters. The normalized spacial score (nSPS) is 18.5. The van der Waals surface area contributed by atoms with Crippen LogP contribution < -0.4 is 5.32 Å². The van der Waals surface area contributed by atoms with Crippen molar-refractivity contribution in [3.63, 3.8) is 0 Å². The highest BCUT2D eigenvalue weighted by molar-refractivity contribution is 8.01. The summed E-state index contributed by atoms with van der Waals surface area (Å²) >= 11 is 3.20. The number of ether oxygens (including phenoxy) is 1. The van der Waals surface area contributed by atoms with E-state index in [1.807, 2.05) is 11.8 Å². The predicted octanol–water partition coefficient (Wildman–Crippen LogP) is 1.76.